The monoisotopic (exact) mass is 210 g/mol. The minimum atomic E-state index is -0.0121. The van der Waals surface area contributed by atoms with E-state index in [1.807, 2.05) is 0 Å². The van der Waals surface area contributed by atoms with E-state index in [9.17, 15) is 0 Å². The van der Waals surface area contributed by atoms with Gasteiger partial charge in [0.25, 0.3) is 12.5 Å². The number of hydrogen-bond donors (Lipinski definition) is 0. The van der Waals surface area contributed by atoms with Crippen molar-refractivity contribution in [1.82, 2.24) is 0 Å². The molecule has 0 aromatic carbocycles. The first-order chi connectivity index (χ1) is 7.02. The van der Waals surface area contributed by atoms with Crippen molar-refractivity contribution < 1.29 is 9.47 Å². The average Bonchev–Trinajstić information content (AvgIpc) is 2.14. The van der Waals surface area contributed by atoms with Gasteiger partial charge < -0.3 is 9.47 Å². The van der Waals surface area contributed by atoms with Crippen molar-refractivity contribution in [2.24, 2.45) is 11.3 Å². The zero-order valence-electron chi connectivity index (χ0n) is 9.62. The van der Waals surface area contributed by atoms with Crippen LogP contribution in [0.1, 0.15) is 33.6 Å². The molecule has 4 heteroatoms. The molecule has 4 nitrogen and oxygen atoms in total. The van der Waals surface area contributed by atoms with Gasteiger partial charge in [0.2, 0.25) is 0 Å². The van der Waals surface area contributed by atoms with Crippen LogP contribution in [0.5, 0.6) is 0 Å². The SMILES string of the molecule is CC(CCOC#N)CC(C)(C)COC#N. The molecule has 0 aromatic rings. The van der Waals surface area contributed by atoms with Crippen LogP contribution in [0.25, 0.3) is 0 Å². The van der Waals surface area contributed by atoms with Gasteiger partial charge in [-0.15, -0.1) is 0 Å². The van der Waals surface area contributed by atoms with E-state index < -0.39 is 0 Å². The highest BCUT2D eigenvalue weighted by molar-refractivity contribution is 4.73. The van der Waals surface area contributed by atoms with Crippen LogP contribution in [-0.2, 0) is 9.47 Å². The average molecular weight is 210 g/mol. The van der Waals surface area contributed by atoms with Gasteiger partial charge in [0.1, 0.15) is 13.2 Å². The van der Waals surface area contributed by atoms with Gasteiger partial charge in [-0.05, 0) is 18.8 Å². The lowest BCUT2D eigenvalue weighted by Gasteiger charge is -2.26. The molecule has 1 unspecified atom stereocenters. The third-order valence-corrected chi connectivity index (χ3v) is 2.21. The van der Waals surface area contributed by atoms with Crippen molar-refractivity contribution >= 4 is 0 Å². The van der Waals surface area contributed by atoms with Crippen molar-refractivity contribution in [3.05, 3.63) is 0 Å². The molecule has 0 saturated heterocycles. The van der Waals surface area contributed by atoms with Gasteiger partial charge in [-0.2, -0.15) is 10.5 Å². The minimum absolute atomic E-state index is 0.0121. The van der Waals surface area contributed by atoms with Crippen LogP contribution in [0.4, 0.5) is 0 Å². The first-order valence-corrected chi connectivity index (χ1v) is 5.03. The van der Waals surface area contributed by atoms with Crippen molar-refractivity contribution in [2.45, 2.75) is 33.6 Å². The molecule has 0 heterocycles. The Hall–Kier alpha value is -1.42. The predicted octanol–water partition coefficient (Wildman–Crippen LogP) is 2.42. The summed E-state index contributed by atoms with van der Waals surface area (Å²) in [7, 11) is 0. The normalized spacial score (nSPS) is 12.3. The smallest absolute Gasteiger partial charge is 0.286 e. The summed E-state index contributed by atoms with van der Waals surface area (Å²) in [6.45, 7) is 7.13. The molecule has 0 saturated carbocycles. The van der Waals surface area contributed by atoms with E-state index in [2.05, 4.69) is 25.5 Å². The number of nitriles is 2. The van der Waals surface area contributed by atoms with Crippen LogP contribution in [0.15, 0.2) is 0 Å². The Balaban J connectivity index is 3.79. The summed E-state index contributed by atoms with van der Waals surface area (Å²) < 4.78 is 9.37. The van der Waals surface area contributed by atoms with Gasteiger partial charge in [0.15, 0.2) is 0 Å². The van der Waals surface area contributed by atoms with Crippen LogP contribution in [0.3, 0.4) is 0 Å². The van der Waals surface area contributed by atoms with E-state index in [0.29, 0.717) is 19.1 Å². The summed E-state index contributed by atoms with van der Waals surface area (Å²) in [5.41, 5.74) is -0.0121. The molecule has 0 fully saturated rings. The van der Waals surface area contributed by atoms with Crippen LogP contribution >= 0.6 is 0 Å². The van der Waals surface area contributed by atoms with Crippen molar-refractivity contribution in [1.29, 1.82) is 10.5 Å². The Bertz CT molecular complexity index is 250. The fourth-order valence-electron chi connectivity index (χ4n) is 1.64. The van der Waals surface area contributed by atoms with Crippen LogP contribution in [0.2, 0.25) is 0 Å². The highest BCUT2D eigenvalue weighted by Gasteiger charge is 2.22. The lowest BCUT2D eigenvalue weighted by molar-refractivity contribution is 0.118. The first kappa shape index (κ1) is 13.6. The van der Waals surface area contributed by atoms with Gasteiger partial charge in [-0.3, -0.25) is 0 Å². The molecule has 0 aliphatic heterocycles. The predicted molar refractivity (Wildman–Crippen MR) is 55.3 cm³/mol. The first-order valence-electron chi connectivity index (χ1n) is 5.03. The van der Waals surface area contributed by atoms with Crippen molar-refractivity contribution in [2.75, 3.05) is 13.2 Å². The molecule has 0 N–H and O–H groups in total. The Morgan fingerprint density at radius 2 is 1.80 bits per heavy atom. The molecule has 0 rings (SSSR count). The van der Waals surface area contributed by atoms with Crippen LogP contribution < -0.4 is 0 Å². The van der Waals surface area contributed by atoms with Gasteiger partial charge in [0.05, 0.1) is 0 Å². The van der Waals surface area contributed by atoms with Gasteiger partial charge >= 0.3 is 0 Å². The van der Waals surface area contributed by atoms with Crippen molar-refractivity contribution in [3.8, 4) is 12.5 Å². The summed E-state index contributed by atoms with van der Waals surface area (Å²) >= 11 is 0. The maximum atomic E-state index is 8.31. The Morgan fingerprint density at radius 1 is 1.20 bits per heavy atom. The highest BCUT2D eigenvalue weighted by atomic mass is 16.5. The quantitative estimate of drug-likeness (QED) is 0.478. The molecule has 0 radical (unpaired) electrons. The zero-order chi connectivity index (χ0) is 11.7. The Labute approximate surface area is 91.4 Å². The molecular weight excluding hydrogens is 192 g/mol. The molecular formula is C11H18N2O2. The van der Waals surface area contributed by atoms with E-state index in [-0.39, 0.29) is 5.41 Å². The molecule has 0 aromatic heterocycles. The fraction of sp³-hybridized carbons (Fsp3) is 0.818. The van der Waals surface area contributed by atoms with Crippen molar-refractivity contribution in [3.63, 3.8) is 0 Å². The molecule has 0 spiro atoms. The Kier molecular flexibility index (Phi) is 6.29. The molecule has 0 bridgehead atoms. The molecule has 15 heavy (non-hydrogen) atoms. The topological polar surface area (TPSA) is 66.0 Å². The second kappa shape index (κ2) is 6.95. The van der Waals surface area contributed by atoms with Crippen LogP contribution in [0, 0.1) is 34.4 Å². The molecule has 1 atom stereocenters. The second-order valence-corrected chi connectivity index (χ2v) is 4.58. The maximum Gasteiger partial charge on any atom is 0.286 e. The Morgan fingerprint density at radius 3 is 2.33 bits per heavy atom. The van der Waals surface area contributed by atoms with Gasteiger partial charge in [0, 0.05) is 5.41 Å². The lowest BCUT2D eigenvalue weighted by atomic mass is 9.83. The largest absolute Gasteiger partial charge is 0.428 e. The summed E-state index contributed by atoms with van der Waals surface area (Å²) in [6, 6.07) is 0. The second-order valence-electron chi connectivity index (χ2n) is 4.58. The summed E-state index contributed by atoms with van der Waals surface area (Å²) in [6.07, 6.45) is 5.13. The standard InChI is InChI=1S/C11H18N2O2/c1-10(4-5-14-8-12)6-11(2,3)7-15-9-13/h10H,4-7H2,1-3H3. The van der Waals surface area contributed by atoms with E-state index in [0.717, 1.165) is 12.8 Å². The summed E-state index contributed by atoms with van der Waals surface area (Å²) in [5, 5.41) is 16.5. The van der Waals surface area contributed by atoms with Crippen LogP contribution in [-0.4, -0.2) is 13.2 Å². The zero-order valence-corrected chi connectivity index (χ0v) is 9.62. The van der Waals surface area contributed by atoms with Gasteiger partial charge in [-0.1, -0.05) is 20.8 Å². The van der Waals surface area contributed by atoms with Gasteiger partial charge in [-0.25, -0.2) is 0 Å². The lowest BCUT2D eigenvalue weighted by Crippen LogP contribution is -2.21. The molecule has 0 amide bonds. The van der Waals surface area contributed by atoms with E-state index in [1.165, 1.54) is 0 Å². The number of nitrogens with zero attached hydrogens (tertiary/aromatic N) is 2. The third kappa shape index (κ3) is 7.64. The highest BCUT2D eigenvalue weighted by Crippen LogP contribution is 2.27. The maximum absolute atomic E-state index is 8.31. The minimum Gasteiger partial charge on any atom is -0.428 e. The summed E-state index contributed by atoms with van der Waals surface area (Å²) in [5.74, 6) is 0.454. The third-order valence-electron chi connectivity index (χ3n) is 2.21. The number of ether oxygens (including phenoxy) is 2. The van der Waals surface area contributed by atoms with E-state index >= 15 is 0 Å². The fourth-order valence-corrected chi connectivity index (χ4v) is 1.64. The van der Waals surface area contributed by atoms with E-state index in [4.69, 9.17) is 15.3 Å². The molecule has 0 aliphatic carbocycles. The summed E-state index contributed by atoms with van der Waals surface area (Å²) in [4.78, 5) is 0. The molecule has 84 valence electrons. The number of rotatable bonds is 7. The molecule has 0 aliphatic rings. The van der Waals surface area contributed by atoms with E-state index in [1.54, 1.807) is 12.5 Å². The number of hydrogen-bond acceptors (Lipinski definition) is 4.